The third kappa shape index (κ3) is 3.58. The topological polar surface area (TPSA) is 70.4 Å². The fourth-order valence-corrected chi connectivity index (χ4v) is 4.12. The van der Waals surface area contributed by atoms with Gasteiger partial charge in [-0.3, -0.25) is 9.69 Å². The predicted molar refractivity (Wildman–Crippen MR) is 88.1 cm³/mol. The maximum atomic E-state index is 11.7. The summed E-state index contributed by atoms with van der Waals surface area (Å²) in [6.45, 7) is 8.87. The Labute approximate surface area is 137 Å². The summed E-state index contributed by atoms with van der Waals surface area (Å²) in [7, 11) is 0. The molecule has 3 heterocycles. The van der Waals surface area contributed by atoms with Gasteiger partial charge in [0.15, 0.2) is 0 Å². The number of aromatic nitrogens is 2. The standard InChI is InChI=1S/C17H28N4O2/c1-13(2)9-21-12-19-8-14(21)10-20-11-17(3-5-18-6-4-17)7-15(20)16(22)23/h8,12-13,15,18H,3-7,9-11H2,1-2H3,(H,22,23). The summed E-state index contributed by atoms with van der Waals surface area (Å²) < 4.78 is 2.16. The number of nitrogens with zero attached hydrogens (tertiary/aromatic N) is 3. The highest BCUT2D eigenvalue weighted by atomic mass is 16.4. The fraction of sp³-hybridized carbons (Fsp3) is 0.765. The maximum Gasteiger partial charge on any atom is 0.320 e. The number of hydrogen-bond acceptors (Lipinski definition) is 4. The lowest BCUT2D eigenvalue weighted by Crippen LogP contribution is -2.39. The van der Waals surface area contributed by atoms with Gasteiger partial charge in [0.25, 0.3) is 0 Å². The van der Waals surface area contributed by atoms with E-state index in [1.54, 1.807) is 0 Å². The SMILES string of the molecule is CC(C)Cn1cncc1CN1CC2(CCNCC2)CC1C(=O)O. The van der Waals surface area contributed by atoms with E-state index in [1.807, 2.05) is 12.5 Å². The summed E-state index contributed by atoms with van der Waals surface area (Å²) in [5.74, 6) is -0.136. The number of piperidine rings is 1. The van der Waals surface area contributed by atoms with Crippen LogP contribution in [-0.2, 0) is 17.9 Å². The van der Waals surface area contributed by atoms with Crippen LogP contribution in [0.25, 0.3) is 0 Å². The molecule has 0 aliphatic carbocycles. The molecule has 0 aromatic carbocycles. The lowest BCUT2D eigenvalue weighted by molar-refractivity contribution is -0.142. The van der Waals surface area contributed by atoms with Gasteiger partial charge in [0.05, 0.1) is 12.0 Å². The number of nitrogens with one attached hydrogen (secondary N) is 1. The molecule has 2 aliphatic heterocycles. The van der Waals surface area contributed by atoms with E-state index in [1.165, 1.54) is 0 Å². The molecule has 6 nitrogen and oxygen atoms in total. The molecule has 1 unspecified atom stereocenters. The average Bonchev–Trinajstić information content (AvgIpc) is 3.05. The summed E-state index contributed by atoms with van der Waals surface area (Å²) in [4.78, 5) is 18.2. The van der Waals surface area contributed by atoms with Crippen molar-refractivity contribution in [2.45, 2.75) is 52.2 Å². The van der Waals surface area contributed by atoms with E-state index in [2.05, 4.69) is 33.6 Å². The number of imidazole rings is 1. The van der Waals surface area contributed by atoms with E-state index in [0.29, 0.717) is 12.5 Å². The van der Waals surface area contributed by atoms with Crippen molar-refractivity contribution >= 4 is 5.97 Å². The molecule has 1 aromatic rings. The van der Waals surface area contributed by atoms with Crippen molar-refractivity contribution in [1.82, 2.24) is 19.8 Å². The smallest absolute Gasteiger partial charge is 0.320 e. The highest BCUT2D eigenvalue weighted by molar-refractivity contribution is 5.74. The third-order valence-electron chi connectivity index (χ3n) is 5.28. The number of carbonyl (C=O) groups is 1. The van der Waals surface area contributed by atoms with Crippen LogP contribution in [0.1, 0.15) is 38.8 Å². The Bertz CT molecular complexity index is 549. The van der Waals surface area contributed by atoms with Gasteiger partial charge in [0.2, 0.25) is 0 Å². The second kappa shape index (κ2) is 6.61. The molecule has 2 N–H and O–H groups in total. The van der Waals surface area contributed by atoms with Crippen LogP contribution < -0.4 is 5.32 Å². The van der Waals surface area contributed by atoms with Crippen molar-refractivity contribution in [2.75, 3.05) is 19.6 Å². The molecule has 1 aromatic heterocycles. The minimum Gasteiger partial charge on any atom is -0.480 e. The van der Waals surface area contributed by atoms with Crippen molar-refractivity contribution in [3.8, 4) is 0 Å². The first-order valence-corrected chi connectivity index (χ1v) is 8.66. The van der Waals surface area contributed by atoms with Crippen molar-refractivity contribution in [2.24, 2.45) is 11.3 Å². The van der Waals surface area contributed by atoms with E-state index in [9.17, 15) is 9.90 Å². The predicted octanol–water partition coefficient (Wildman–Crippen LogP) is 1.57. The summed E-state index contributed by atoms with van der Waals surface area (Å²) in [6, 6.07) is -0.365. The molecule has 23 heavy (non-hydrogen) atoms. The highest BCUT2D eigenvalue weighted by Crippen LogP contribution is 2.42. The Hall–Kier alpha value is -1.40. The molecule has 2 fully saturated rings. The van der Waals surface area contributed by atoms with E-state index in [-0.39, 0.29) is 11.5 Å². The molecule has 0 bridgehead atoms. The molecule has 6 heteroatoms. The fourth-order valence-electron chi connectivity index (χ4n) is 4.12. The van der Waals surface area contributed by atoms with Gasteiger partial charge in [-0.2, -0.15) is 0 Å². The van der Waals surface area contributed by atoms with Crippen LogP contribution in [0.5, 0.6) is 0 Å². The Morgan fingerprint density at radius 2 is 2.22 bits per heavy atom. The molecule has 2 aliphatic rings. The number of rotatable bonds is 5. The third-order valence-corrected chi connectivity index (χ3v) is 5.28. The summed E-state index contributed by atoms with van der Waals surface area (Å²) in [5.41, 5.74) is 1.30. The second-order valence-electron chi connectivity index (χ2n) is 7.64. The van der Waals surface area contributed by atoms with Crippen molar-refractivity contribution < 1.29 is 9.90 Å². The number of likely N-dealkylation sites (tertiary alicyclic amines) is 1. The first-order valence-electron chi connectivity index (χ1n) is 8.66. The van der Waals surface area contributed by atoms with Crippen molar-refractivity contribution in [1.29, 1.82) is 0 Å². The number of carboxylic acids is 1. The molecule has 0 saturated carbocycles. The van der Waals surface area contributed by atoms with Gasteiger partial charge in [-0.15, -0.1) is 0 Å². The zero-order chi connectivity index (χ0) is 16.4. The zero-order valence-corrected chi connectivity index (χ0v) is 14.2. The first kappa shape index (κ1) is 16.5. The lowest BCUT2D eigenvalue weighted by atomic mass is 9.77. The van der Waals surface area contributed by atoms with Crippen LogP contribution in [0.2, 0.25) is 0 Å². The van der Waals surface area contributed by atoms with Gasteiger partial charge in [-0.25, -0.2) is 4.98 Å². The van der Waals surface area contributed by atoms with Crippen LogP contribution in [0.3, 0.4) is 0 Å². The maximum absolute atomic E-state index is 11.7. The summed E-state index contributed by atoms with van der Waals surface area (Å²) in [6.07, 6.45) is 6.69. The van der Waals surface area contributed by atoms with Crippen molar-refractivity contribution in [3.63, 3.8) is 0 Å². The average molecular weight is 320 g/mol. The van der Waals surface area contributed by atoms with Crippen LogP contribution in [0, 0.1) is 11.3 Å². The summed E-state index contributed by atoms with van der Waals surface area (Å²) in [5, 5.41) is 13.1. The molecule has 3 rings (SSSR count). The van der Waals surface area contributed by atoms with E-state index < -0.39 is 5.97 Å². The van der Waals surface area contributed by atoms with Crippen LogP contribution in [-0.4, -0.2) is 51.2 Å². The largest absolute Gasteiger partial charge is 0.480 e. The minimum atomic E-state index is -0.685. The minimum absolute atomic E-state index is 0.178. The van der Waals surface area contributed by atoms with Gasteiger partial charge < -0.3 is 15.0 Å². The second-order valence-corrected chi connectivity index (χ2v) is 7.64. The Morgan fingerprint density at radius 1 is 1.48 bits per heavy atom. The Balaban J connectivity index is 1.75. The first-order chi connectivity index (χ1) is 11.0. The quantitative estimate of drug-likeness (QED) is 0.862. The molecular weight excluding hydrogens is 292 g/mol. The zero-order valence-electron chi connectivity index (χ0n) is 14.2. The van der Waals surface area contributed by atoms with Gasteiger partial charge in [-0.05, 0) is 43.7 Å². The van der Waals surface area contributed by atoms with Crippen LogP contribution in [0.4, 0.5) is 0 Å². The van der Waals surface area contributed by atoms with Crippen LogP contribution in [0.15, 0.2) is 12.5 Å². The Kier molecular flexibility index (Phi) is 4.73. The molecule has 2 saturated heterocycles. The van der Waals surface area contributed by atoms with Crippen LogP contribution >= 0.6 is 0 Å². The number of hydrogen-bond donors (Lipinski definition) is 2. The molecule has 0 radical (unpaired) electrons. The van der Waals surface area contributed by atoms with Gasteiger partial charge in [0, 0.05) is 25.8 Å². The molecule has 128 valence electrons. The van der Waals surface area contributed by atoms with E-state index in [4.69, 9.17) is 0 Å². The van der Waals surface area contributed by atoms with Gasteiger partial charge >= 0.3 is 5.97 Å². The molecular formula is C17H28N4O2. The van der Waals surface area contributed by atoms with Gasteiger partial charge in [0.1, 0.15) is 6.04 Å². The van der Waals surface area contributed by atoms with Crippen molar-refractivity contribution in [3.05, 3.63) is 18.2 Å². The number of aliphatic carboxylic acids is 1. The number of carboxylic acid groups (broad SMARTS) is 1. The monoisotopic (exact) mass is 320 g/mol. The van der Waals surface area contributed by atoms with E-state index in [0.717, 1.165) is 51.1 Å². The summed E-state index contributed by atoms with van der Waals surface area (Å²) >= 11 is 0. The molecule has 1 atom stereocenters. The normalized spacial score (nSPS) is 24.6. The highest BCUT2D eigenvalue weighted by Gasteiger charge is 2.47. The molecule has 1 spiro atoms. The Morgan fingerprint density at radius 3 is 2.87 bits per heavy atom. The lowest BCUT2D eigenvalue weighted by Gasteiger charge is -2.33. The molecule has 0 amide bonds. The van der Waals surface area contributed by atoms with Gasteiger partial charge in [-0.1, -0.05) is 13.8 Å². The van der Waals surface area contributed by atoms with E-state index >= 15 is 0 Å².